The smallest absolute Gasteiger partial charge is 0.0367 e. The lowest BCUT2D eigenvalue weighted by molar-refractivity contribution is 0.499. The van der Waals surface area contributed by atoms with Crippen molar-refractivity contribution in [3.05, 3.63) is 70.8 Å². The monoisotopic (exact) mass is 265 g/mol. The Hall–Kier alpha value is -1.60. The fourth-order valence-electron chi connectivity index (χ4n) is 3.25. The van der Waals surface area contributed by atoms with Crippen LogP contribution in [0.3, 0.4) is 0 Å². The largest absolute Gasteiger partial charge is 0.323 e. The molecule has 2 N–H and O–H groups in total. The quantitative estimate of drug-likeness (QED) is 0.880. The molecule has 0 amide bonds. The van der Waals surface area contributed by atoms with E-state index >= 15 is 0 Å². The highest BCUT2D eigenvalue weighted by atomic mass is 14.7. The molecule has 0 saturated heterocycles. The van der Waals surface area contributed by atoms with Crippen LogP contribution in [0, 0.1) is 5.92 Å². The first kappa shape index (κ1) is 13.4. The van der Waals surface area contributed by atoms with Gasteiger partial charge in [0.1, 0.15) is 0 Å². The van der Waals surface area contributed by atoms with Crippen LogP contribution in [0.15, 0.2) is 48.5 Å². The molecule has 0 fully saturated rings. The van der Waals surface area contributed by atoms with Crippen molar-refractivity contribution in [1.82, 2.24) is 0 Å². The molecule has 2 atom stereocenters. The zero-order chi connectivity index (χ0) is 14.1. The van der Waals surface area contributed by atoms with Crippen molar-refractivity contribution in [2.24, 2.45) is 11.7 Å². The van der Waals surface area contributed by atoms with Gasteiger partial charge in [0.25, 0.3) is 0 Å². The van der Waals surface area contributed by atoms with Gasteiger partial charge in [0.15, 0.2) is 0 Å². The second-order valence-electron chi connectivity index (χ2n) is 6.38. The Morgan fingerprint density at radius 1 is 1.10 bits per heavy atom. The number of hydrogen-bond donors (Lipinski definition) is 1. The minimum atomic E-state index is 0.122. The van der Waals surface area contributed by atoms with Crippen molar-refractivity contribution in [2.75, 3.05) is 0 Å². The third-order valence-corrected chi connectivity index (χ3v) is 4.31. The normalized spacial score (nSPS) is 18.5. The Labute approximate surface area is 121 Å². The minimum Gasteiger partial charge on any atom is -0.323 e. The summed E-state index contributed by atoms with van der Waals surface area (Å²) in [6.07, 6.45) is 2.24. The van der Waals surface area contributed by atoms with Gasteiger partial charge in [0.2, 0.25) is 0 Å². The van der Waals surface area contributed by atoms with E-state index in [1.807, 2.05) is 0 Å². The predicted molar refractivity (Wildman–Crippen MR) is 84.8 cm³/mol. The summed E-state index contributed by atoms with van der Waals surface area (Å²) in [6, 6.07) is 17.6. The predicted octanol–water partition coefficient (Wildman–Crippen LogP) is 4.22. The first-order valence-corrected chi connectivity index (χ1v) is 7.57. The van der Waals surface area contributed by atoms with Crippen molar-refractivity contribution in [1.29, 1.82) is 0 Å². The second kappa shape index (κ2) is 5.41. The van der Waals surface area contributed by atoms with Crippen LogP contribution in [0.25, 0.3) is 0 Å². The van der Waals surface area contributed by atoms with Gasteiger partial charge in [-0.3, -0.25) is 0 Å². The third kappa shape index (κ3) is 2.51. The fourth-order valence-corrected chi connectivity index (χ4v) is 3.25. The summed E-state index contributed by atoms with van der Waals surface area (Å²) in [4.78, 5) is 0. The Morgan fingerprint density at radius 3 is 2.65 bits per heavy atom. The number of nitrogens with two attached hydrogens (primary N) is 1. The lowest BCUT2D eigenvalue weighted by Gasteiger charge is -2.35. The average Bonchev–Trinajstić information content (AvgIpc) is 2.39. The molecule has 20 heavy (non-hydrogen) atoms. The first-order valence-electron chi connectivity index (χ1n) is 7.57. The van der Waals surface area contributed by atoms with E-state index in [2.05, 4.69) is 62.4 Å². The maximum Gasteiger partial charge on any atom is 0.0367 e. The fraction of sp³-hybridized carbons (Fsp3) is 0.368. The van der Waals surface area contributed by atoms with Gasteiger partial charge < -0.3 is 5.73 Å². The SMILES string of the molecule is CC(C)Cc1cccc(C(N)C2Cc3ccccc32)c1. The van der Waals surface area contributed by atoms with Gasteiger partial charge in [-0.2, -0.15) is 0 Å². The molecule has 0 saturated carbocycles. The molecule has 3 rings (SSSR count). The molecule has 1 aliphatic rings. The van der Waals surface area contributed by atoms with Crippen molar-refractivity contribution in [3.63, 3.8) is 0 Å². The van der Waals surface area contributed by atoms with Crippen LogP contribution in [-0.4, -0.2) is 0 Å². The van der Waals surface area contributed by atoms with E-state index in [0.29, 0.717) is 11.8 Å². The van der Waals surface area contributed by atoms with Crippen LogP contribution in [0.1, 0.15) is 48.1 Å². The van der Waals surface area contributed by atoms with Gasteiger partial charge in [-0.05, 0) is 41.0 Å². The Kier molecular flexibility index (Phi) is 3.62. The molecule has 1 aliphatic carbocycles. The number of rotatable bonds is 4. The summed E-state index contributed by atoms with van der Waals surface area (Å²) in [6.45, 7) is 4.52. The Balaban J connectivity index is 1.80. The molecule has 2 aromatic rings. The highest BCUT2D eigenvalue weighted by molar-refractivity contribution is 5.43. The molecule has 0 spiro atoms. The highest BCUT2D eigenvalue weighted by Gasteiger charge is 2.31. The summed E-state index contributed by atoms with van der Waals surface area (Å²) in [5, 5.41) is 0. The van der Waals surface area contributed by atoms with E-state index in [1.165, 1.54) is 22.3 Å². The number of fused-ring (bicyclic) bond motifs is 1. The molecule has 1 nitrogen and oxygen atoms in total. The van der Waals surface area contributed by atoms with E-state index in [4.69, 9.17) is 5.73 Å². The molecule has 0 aromatic heterocycles. The van der Waals surface area contributed by atoms with Gasteiger partial charge in [-0.25, -0.2) is 0 Å². The standard InChI is InChI=1S/C19H23N/c1-13(2)10-14-6-5-8-16(11-14)19(20)18-12-15-7-3-4-9-17(15)18/h3-9,11,13,18-19H,10,12,20H2,1-2H3. The Bertz CT molecular complexity index is 600. The van der Waals surface area contributed by atoms with Crippen LogP contribution >= 0.6 is 0 Å². The van der Waals surface area contributed by atoms with E-state index in [-0.39, 0.29) is 6.04 Å². The molecule has 0 radical (unpaired) electrons. The van der Waals surface area contributed by atoms with E-state index in [1.54, 1.807) is 0 Å². The van der Waals surface area contributed by atoms with Crippen molar-refractivity contribution < 1.29 is 0 Å². The molecule has 0 bridgehead atoms. The van der Waals surface area contributed by atoms with Crippen LogP contribution in [0.2, 0.25) is 0 Å². The highest BCUT2D eigenvalue weighted by Crippen LogP contribution is 2.42. The maximum absolute atomic E-state index is 6.51. The molecule has 2 unspecified atom stereocenters. The molecule has 0 aliphatic heterocycles. The van der Waals surface area contributed by atoms with Crippen molar-refractivity contribution >= 4 is 0 Å². The zero-order valence-corrected chi connectivity index (χ0v) is 12.3. The van der Waals surface area contributed by atoms with Crippen molar-refractivity contribution in [3.8, 4) is 0 Å². The maximum atomic E-state index is 6.51. The van der Waals surface area contributed by atoms with Crippen LogP contribution < -0.4 is 5.73 Å². The molecule has 0 heterocycles. The van der Waals surface area contributed by atoms with E-state index in [9.17, 15) is 0 Å². The molecule has 1 heteroatoms. The minimum absolute atomic E-state index is 0.122. The van der Waals surface area contributed by atoms with Gasteiger partial charge in [-0.15, -0.1) is 0 Å². The third-order valence-electron chi connectivity index (χ3n) is 4.31. The van der Waals surface area contributed by atoms with E-state index in [0.717, 1.165) is 12.8 Å². The van der Waals surface area contributed by atoms with Crippen LogP contribution in [0.5, 0.6) is 0 Å². The van der Waals surface area contributed by atoms with Gasteiger partial charge >= 0.3 is 0 Å². The van der Waals surface area contributed by atoms with Gasteiger partial charge in [0.05, 0.1) is 0 Å². The van der Waals surface area contributed by atoms with Crippen LogP contribution in [0.4, 0.5) is 0 Å². The van der Waals surface area contributed by atoms with E-state index < -0.39 is 0 Å². The topological polar surface area (TPSA) is 26.0 Å². The molecule has 104 valence electrons. The van der Waals surface area contributed by atoms with Gasteiger partial charge in [-0.1, -0.05) is 62.4 Å². The Morgan fingerprint density at radius 2 is 1.90 bits per heavy atom. The molecular formula is C19H23N. The lowest BCUT2D eigenvalue weighted by Crippen LogP contribution is -2.29. The second-order valence-corrected chi connectivity index (χ2v) is 6.38. The average molecular weight is 265 g/mol. The van der Waals surface area contributed by atoms with Crippen LogP contribution in [-0.2, 0) is 12.8 Å². The van der Waals surface area contributed by atoms with Crippen molar-refractivity contribution in [2.45, 2.75) is 38.6 Å². The number of hydrogen-bond acceptors (Lipinski definition) is 1. The summed E-state index contributed by atoms with van der Waals surface area (Å²) < 4.78 is 0. The summed E-state index contributed by atoms with van der Waals surface area (Å²) in [7, 11) is 0. The first-order chi connectivity index (χ1) is 9.65. The zero-order valence-electron chi connectivity index (χ0n) is 12.3. The lowest BCUT2D eigenvalue weighted by atomic mass is 9.72. The summed E-state index contributed by atoms with van der Waals surface area (Å²) in [5.41, 5.74) is 12.1. The summed E-state index contributed by atoms with van der Waals surface area (Å²) in [5.74, 6) is 1.17. The van der Waals surface area contributed by atoms with Gasteiger partial charge in [0, 0.05) is 12.0 Å². The summed E-state index contributed by atoms with van der Waals surface area (Å²) >= 11 is 0. The molecule has 2 aromatic carbocycles. The number of benzene rings is 2. The molecular weight excluding hydrogens is 242 g/mol.